The van der Waals surface area contributed by atoms with E-state index < -0.39 is 0 Å². The number of hydrogen-bond donors (Lipinski definition) is 1. The molecule has 0 atom stereocenters. The van der Waals surface area contributed by atoms with Gasteiger partial charge in [-0.2, -0.15) is 5.10 Å². The Morgan fingerprint density at radius 2 is 1.84 bits per heavy atom. The molecule has 0 saturated carbocycles. The standard InChI is InChI=1S/C25H34N6O/c1-16(2)20-14-19(22-17(3)29-31(23(22)28-20)25(4,5)6)24(32)27-18-10-11-21(26-15-18)30-12-8-7-9-13-30/h10-11,14-16H,7-9,12-13H2,1-6H3,(H,27,32). The van der Waals surface area contributed by atoms with E-state index in [1.165, 1.54) is 19.3 Å². The van der Waals surface area contributed by atoms with E-state index in [-0.39, 0.29) is 17.4 Å². The Morgan fingerprint density at radius 1 is 1.12 bits per heavy atom. The van der Waals surface area contributed by atoms with Crippen molar-refractivity contribution >= 4 is 28.4 Å². The summed E-state index contributed by atoms with van der Waals surface area (Å²) in [4.78, 5) is 25.2. The molecule has 1 saturated heterocycles. The third-order valence-corrected chi connectivity index (χ3v) is 5.99. The summed E-state index contributed by atoms with van der Waals surface area (Å²) in [6.07, 6.45) is 5.44. The van der Waals surface area contributed by atoms with Crippen molar-refractivity contribution in [3.63, 3.8) is 0 Å². The first-order valence-corrected chi connectivity index (χ1v) is 11.6. The number of rotatable bonds is 4. The number of aromatic nitrogens is 4. The Kier molecular flexibility index (Phi) is 5.93. The third-order valence-electron chi connectivity index (χ3n) is 5.99. The Balaban J connectivity index is 1.68. The highest BCUT2D eigenvalue weighted by atomic mass is 16.1. The average molecular weight is 435 g/mol. The predicted octanol–water partition coefficient (Wildman–Crippen LogP) is 5.26. The molecule has 0 unspecified atom stereocenters. The minimum absolute atomic E-state index is 0.164. The maximum atomic E-state index is 13.4. The summed E-state index contributed by atoms with van der Waals surface area (Å²) in [5.41, 5.74) is 3.49. The summed E-state index contributed by atoms with van der Waals surface area (Å²) in [5.74, 6) is 1.00. The number of carbonyl (C=O) groups is 1. The van der Waals surface area contributed by atoms with Gasteiger partial charge in [-0.1, -0.05) is 13.8 Å². The lowest BCUT2D eigenvalue weighted by molar-refractivity contribution is 0.102. The number of hydrogen-bond acceptors (Lipinski definition) is 5. The van der Waals surface area contributed by atoms with Gasteiger partial charge in [-0.25, -0.2) is 14.6 Å². The van der Waals surface area contributed by atoms with Crippen molar-refractivity contribution in [3.05, 3.63) is 41.3 Å². The molecule has 1 amide bonds. The summed E-state index contributed by atoms with van der Waals surface area (Å²) in [6, 6.07) is 5.83. The number of nitrogens with zero attached hydrogens (tertiary/aromatic N) is 5. The molecule has 1 N–H and O–H groups in total. The van der Waals surface area contributed by atoms with E-state index >= 15 is 0 Å². The fourth-order valence-corrected chi connectivity index (χ4v) is 4.22. The highest BCUT2D eigenvalue weighted by Gasteiger charge is 2.25. The van der Waals surface area contributed by atoms with Gasteiger partial charge in [0, 0.05) is 18.8 Å². The second-order valence-corrected chi connectivity index (χ2v) is 10.0. The molecular formula is C25H34N6O. The first kappa shape index (κ1) is 22.2. The van der Waals surface area contributed by atoms with Crippen LogP contribution in [0.25, 0.3) is 11.0 Å². The van der Waals surface area contributed by atoms with Crippen molar-refractivity contribution in [2.24, 2.45) is 0 Å². The lowest BCUT2D eigenvalue weighted by Gasteiger charge is -2.27. The molecule has 32 heavy (non-hydrogen) atoms. The molecule has 3 aromatic heterocycles. The van der Waals surface area contributed by atoms with Crippen LogP contribution in [-0.4, -0.2) is 38.7 Å². The van der Waals surface area contributed by atoms with Crippen LogP contribution in [0.2, 0.25) is 0 Å². The summed E-state index contributed by atoms with van der Waals surface area (Å²) in [7, 11) is 0. The van der Waals surface area contributed by atoms with Crippen molar-refractivity contribution in [2.75, 3.05) is 23.3 Å². The largest absolute Gasteiger partial charge is 0.357 e. The van der Waals surface area contributed by atoms with Crippen LogP contribution in [-0.2, 0) is 5.54 Å². The zero-order valence-electron chi connectivity index (χ0n) is 20.1. The molecule has 0 bridgehead atoms. The van der Waals surface area contributed by atoms with Crippen LogP contribution in [0.15, 0.2) is 24.4 Å². The summed E-state index contributed by atoms with van der Waals surface area (Å²) in [6.45, 7) is 14.5. The van der Waals surface area contributed by atoms with Crippen molar-refractivity contribution in [3.8, 4) is 0 Å². The molecule has 7 nitrogen and oxygen atoms in total. The molecule has 0 aromatic carbocycles. The quantitative estimate of drug-likeness (QED) is 0.606. The molecule has 0 aliphatic carbocycles. The number of piperidine rings is 1. The molecule has 1 aliphatic heterocycles. The molecule has 4 heterocycles. The van der Waals surface area contributed by atoms with Crippen molar-refractivity contribution in [2.45, 2.75) is 72.3 Å². The Labute approximate surface area is 190 Å². The smallest absolute Gasteiger partial charge is 0.256 e. The van der Waals surface area contributed by atoms with Gasteiger partial charge in [-0.15, -0.1) is 0 Å². The lowest BCUT2D eigenvalue weighted by Crippen LogP contribution is -2.30. The minimum atomic E-state index is -0.239. The zero-order valence-corrected chi connectivity index (χ0v) is 20.1. The van der Waals surface area contributed by atoms with E-state index in [1.54, 1.807) is 6.20 Å². The van der Waals surface area contributed by atoms with E-state index in [2.05, 4.69) is 49.8 Å². The van der Waals surface area contributed by atoms with Crippen molar-refractivity contribution in [1.82, 2.24) is 19.7 Å². The van der Waals surface area contributed by atoms with Crippen LogP contribution in [0.3, 0.4) is 0 Å². The lowest BCUT2D eigenvalue weighted by atomic mass is 10.0. The number of anilines is 2. The maximum absolute atomic E-state index is 13.4. The van der Waals surface area contributed by atoms with Crippen LogP contribution in [0.4, 0.5) is 11.5 Å². The van der Waals surface area contributed by atoms with Gasteiger partial charge >= 0.3 is 0 Å². The number of carbonyl (C=O) groups excluding carboxylic acids is 1. The van der Waals surface area contributed by atoms with Gasteiger partial charge in [0.2, 0.25) is 0 Å². The fourth-order valence-electron chi connectivity index (χ4n) is 4.22. The summed E-state index contributed by atoms with van der Waals surface area (Å²) < 4.78 is 1.93. The molecule has 4 rings (SSSR count). The first-order valence-electron chi connectivity index (χ1n) is 11.6. The number of fused-ring (bicyclic) bond motifs is 1. The molecule has 1 fully saturated rings. The van der Waals surface area contributed by atoms with Gasteiger partial charge in [-0.05, 0) is 71.1 Å². The second-order valence-electron chi connectivity index (χ2n) is 10.0. The first-order chi connectivity index (χ1) is 15.1. The summed E-state index contributed by atoms with van der Waals surface area (Å²) in [5, 5.41) is 8.57. The third kappa shape index (κ3) is 4.33. The molecule has 170 valence electrons. The minimum Gasteiger partial charge on any atom is -0.357 e. The van der Waals surface area contributed by atoms with Crippen LogP contribution in [0, 0.1) is 6.92 Å². The van der Waals surface area contributed by atoms with Crippen LogP contribution >= 0.6 is 0 Å². The van der Waals surface area contributed by atoms with E-state index in [0.717, 1.165) is 41.3 Å². The zero-order chi connectivity index (χ0) is 23.0. The summed E-state index contributed by atoms with van der Waals surface area (Å²) >= 11 is 0. The van der Waals surface area contributed by atoms with Crippen LogP contribution < -0.4 is 10.2 Å². The maximum Gasteiger partial charge on any atom is 0.256 e. The van der Waals surface area contributed by atoms with Crippen LogP contribution in [0.5, 0.6) is 0 Å². The monoisotopic (exact) mass is 434 g/mol. The Hall–Kier alpha value is -2.96. The van der Waals surface area contributed by atoms with Gasteiger partial charge in [0.15, 0.2) is 5.65 Å². The topological polar surface area (TPSA) is 75.9 Å². The fraction of sp³-hybridized carbons (Fsp3) is 0.520. The van der Waals surface area contributed by atoms with E-state index in [9.17, 15) is 4.79 Å². The van der Waals surface area contributed by atoms with Crippen molar-refractivity contribution < 1.29 is 4.79 Å². The highest BCUT2D eigenvalue weighted by molar-refractivity contribution is 6.12. The number of pyridine rings is 2. The molecule has 7 heteroatoms. The van der Waals surface area contributed by atoms with Gasteiger partial charge in [0.1, 0.15) is 5.82 Å². The van der Waals surface area contributed by atoms with Crippen molar-refractivity contribution in [1.29, 1.82) is 0 Å². The van der Waals surface area contributed by atoms with Gasteiger partial charge in [0.25, 0.3) is 5.91 Å². The van der Waals surface area contributed by atoms with E-state index in [0.29, 0.717) is 11.3 Å². The number of amides is 1. The van der Waals surface area contributed by atoms with Crippen LogP contribution in [0.1, 0.15) is 81.5 Å². The Bertz CT molecular complexity index is 1120. The van der Waals surface area contributed by atoms with E-state index in [4.69, 9.17) is 10.1 Å². The second kappa shape index (κ2) is 8.52. The number of aryl methyl sites for hydroxylation is 1. The molecule has 1 aliphatic rings. The Morgan fingerprint density at radius 3 is 2.44 bits per heavy atom. The predicted molar refractivity (Wildman–Crippen MR) is 130 cm³/mol. The average Bonchev–Trinajstić information content (AvgIpc) is 3.11. The number of nitrogens with one attached hydrogen (secondary N) is 1. The molecule has 0 spiro atoms. The van der Waals surface area contributed by atoms with Gasteiger partial charge in [0.05, 0.1) is 34.1 Å². The highest BCUT2D eigenvalue weighted by Crippen LogP contribution is 2.29. The van der Waals surface area contributed by atoms with Gasteiger partial charge < -0.3 is 10.2 Å². The van der Waals surface area contributed by atoms with E-state index in [1.807, 2.05) is 29.8 Å². The molecule has 0 radical (unpaired) electrons. The van der Waals surface area contributed by atoms with Gasteiger partial charge in [-0.3, -0.25) is 4.79 Å². The molecule has 3 aromatic rings. The normalized spacial score (nSPS) is 14.9. The molecular weight excluding hydrogens is 400 g/mol. The SMILES string of the molecule is Cc1nn(C(C)(C)C)c2nc(C(C)C)cc(C(=O)Nc3ccc(N4CCCCC4)nc3)c12.